The van der Waals surface area contributed by atoms with Gasteiger partial charge in [-0.1, -0.05) is 251 Å². The summed E-state index contributed by atoms with van der Waals surface area (Å²) in [5.74, 6) is -0.408. The largest absolute Gasteiger partial charge is 0.463 e. The monoisotopic (exact) mass is 969 g/mol. The van der Waals surface area contributed by atoms with E-state index in [0.717, 1.165) is 128 Å². The third kappa shape index (κ3) is 56.9. The Balaban J connectivity index is 4.40. The van der Waals surface area contributed by atoms with Gasteiger partial charge in [0.15, 0.2) is 0 Å². The van der Waals surface area contributed by atoms with E-state index in [9.17, 15) is 9.59 Å². The number of unbranched alkanes of at least 4 members (excludes halogenated alkanes) is 21. The molecule has 0 aromatic heterocycles. The quantitative estimate of drug-likeness (QED) is 0.0345. The number of hydrogen-bond donors (Lipinski definition) is 0. The van der Waals surface area contributed by atoms with Crippen LogP contribution >= 0.6 is 0 Å². The van der Waals surface area contributed by atoms with Gasteiger partial charge in [-0.25, -0.2) is 0 Å². The molecule has 0 radical (unpaired) electrons. The second-order valence-corrected chi connectivity index (χ2v) is 18.8. The predicted molar refractivity (Wildman–Crippen MR) is 306 cm³/mol. The Kier molecular flexibility index (Phi) is 56.5. The number of carbonyl (C=O) groups excluding carboxylic acids is 2. The van der Waals surface area contributed by atoms with Crippen molar-refractivity contribution in [3.05, 3.63) is 122 Å². The lowest BCUT2D eigenvalue weighted by Gasteiger charge is -2.18. The van der Waals surface area contributed by atoms with Crippen LogP contribution in [0, 0.1) is 0 Å². The van der Waals surface area contributed by atoms with Crippen molar-refractivity contribution >= 4 is 11.9 Å². The molecule has 5 nitrogen and oxygen atoms in total. The maximum atomic E-state index is 12.7. The first-order valence-corrected chi connectivity index (χ1v) is 29.1. The minimum absolute atomic E-state index is 0.123. The molecule has 0 aromatic carbocycles. The van der Waals surface area contributed by atoms with Gasteiger partial charge in [0.05, 0.1) is 0 Å². The minimum atomic E-state index is -0.435. The lowest BCUT2D eigenvalue weighted by atomic mass is 10.0. The molecule has 0 aliphatic heterocycles. The van der Waals surface area contributed by atoms with E-state index in [-0.39, 0.29) is 25.2 Å². The smallest absolute Gasteiger partial charge is 0.305 e. The fourth-order valence-corrected chi connectivity index (χ4v) is 7.71. The van der Waals surface area contributed by atoms with Crippen LogP contribution < -0.4 is 0 Å². The molecule has 0 aliphatic rings. The molecule has 0 N–H and O–H groups in total. The summed E-state index contributed by atoms with van der Waals surface area (Å²) in [7, 11) is 0. The first kappa shape index (κ1) is 66.3. The Hall–Kier alpha value is -3.70. The Morgan fingerprint density at radius 2 is 0.586 bits per heavy atom. The van der Waals surface area contributed by atoms with E-state index in [1.54, 1.807) is 0 Å². The average molecular weight is 970 g/mol. The first-order valence-electron chi connectivity index (χ1n) is 29.1. The van der Waals surface area contributed by atoms with Gasteiger partial charge in [0.25, 0.3) is 0 Å². The van der Waals surface area contributed by atoms with Gasteiger partial charge < -0.3 is 14.2 Å². The molecule has 0 unspecified atom stereocenters. The van der Waals surface area contributed by atoms with Gasteiger partial charge in [0.2, 0.25) is 0 Å². The van der Waals surface area contributed by atoms with E-state index in [4.69, 9.17) is 14.2 Å². The van der Waals surface area contributed by atoms with Crippen molar-refractivity contribution in [1.29, 1.82) is 0 Å². The summed E-state index contributed by atoms with van der Waals surface area (Å²) in [6.07, 6.45) is 83.8. The standard InChI is InChI=1S/C65H108O5/c1-4-7-10-13-16-19-22-25-28-31-33-35-37-40-43-46-49-52-55-58-64(66)69-61-63(68-60-57-54-51-48-45-42-39-30-27-24-21-18-15-12-9-6-3)62-70-65(67)59-56-53-50-47-44-41-38-36-34-32-29-26-23-20-17-14-11-8-5-2/h7-8,10-11,16-17,19-20,25-26,28-29,33-36,40-41,43-44,63H,4-6,9,12-15,18,21-24,27,30-32,37-39,42,45-62H2,1-3H3/b10-7-,11-8-,19-16-,20-17-,28-25-,29-26-,35-33-,36-34-,43-40-,44-41-. The highest BCUT2D eigenvalue weighted by molar-refractivity contribution is 5.69. The predicted octanol–water partition coefficient (Wildman–Crippen LogP) is 20.1. The fourth-order valence-electron chi connectivity index (χ4n) is 7.71. The van der Waals surface area contributed by atoms with Crippen molar-refractivity contribution in [1.82, 2.24) is 0 Å². The molecule has 0 heterocycles. The first-order chi connectivity index (χ1) is 34.6. The zero-order chi connectivity index (χ0) is 50.6. The summed E-state index contributed by atoms with van der Waals surface area (Å²) >= 11 is 0. The van der Waals surface area contributed by atoms with E-state index < -0.39 is 6.10 Å². The number of hydrogen-bond acceptors (Lipinski definition) is 5. The van der Waals surface area contributed by atoms with Crippen LogP contribution in [0.25, 0.3) is 0 Å². The summed E-state index contributed by atoms with van der Waals surface area (Å²) in [5.41, 5.74) is 0. The van der Waals surface area contributed by atoms with E-state index >= 15 is 0 Å². The second-order valence-electron chi connectivity index (χ2n) is 18.8. The van der Waals surface area contributed by atoms with Crippen LogP contribution in [0.3, 0.4) is 0 Å². The molecule has 398 valence electrons. The average Bonchev–Trinajstić information content (AvgIpc) is 3.36. The van der Waals surface area contributed by atoms with Crippen LogP contribution in [0.5, 0.6) is 0 Å². The molecule has 0 aromatic rings. The molecule has 5 heteroatoms. The van der Waals surface area contributed by atoms with Crippen molar-refractivity contribution in [2.45, 2.75) is 258 Å². The molecule has 0 amide bonds. The van der Waals surface area contributed by atoms with E-state index in [2.05, 4.69) is 142 Å². The van der Waals surface area contributed by atoms with Crippen molar-refractivity contribution in [3.63, 3.8) is 0 Å². The van der Waals surface area contributed by atoms with Gasteiger partial charge in [0.1, 0.15) is 19.3 Å². The van der Waals surface area contributed by atoms with Gasteiger partial charge in [0, 0.05) is 19.4 Å². The topological polar surface area (TPSA) is 61.8 Å². The number of ether oxygens (including phenoxy) is 3. The number of esters is 2. The molecular weight excluding hydrogens is 861 g/mol. The van der Waals surface area contributed by atoms with Crippen molar-refractivity contribution < 1.29 is 23.8 Å². The summed E-state index contributed by atoms with van der Waals surface area (Å²) in [6.45, 7) is 7.44. The number of carbonyl (C=O) groups is 2. The summed E-state index contributed by atoms with van der Waals surface area (Å²) < 4.78 is 17.5. The Bertz CT molecular complexity index is 1330. The van der Waals surface area contributed by atoms with Crippen LogP contribution in [-0.2, 0) is 23.8 Å². The normalized spacial score (nSPS) is 12.7. The molecule has 0 bridgehead atoms. The van der Waals surface area contributed by atoms with Crippen LogP contribution in [0.15, 0.2) is 122 Å². The van der Waals surface area contributed by atoms with Crippen LogP contribution in [0.1, 0.15) is 252 Å². The van der Waals surface area contributed by atoms with E-state index in [0.29, 0.717) is 19.4 Å². The molecule has 0 atom stereocenters. The highest BCUT2D eigenvalue weighted by Crippen LogP contribution is 2.15. The summed E-state index contributed by atoms with van der Waals surface area (Å²) in [5, 5.41) is 0. The maximum absolute atomic E-state index is 12.7. The Morgan fingerprint density at radius 1 is 0.314 bits per heavy atom. The molecule has 70 heavy (non-hydrogen) atoms. The van der Waals surface area contributed by atoms with E-state index in [1.165, 1.54) is 89.9 Å². The third-order valence-electron chi connectivity index (χ3n) is 12.0. The fraction of sp³-hybridized carbons (Fsp3) is 0.662. The van der Waals surface area contributed by atoms with Gasteiger partial charge in [-0.15, -0.1) is 0 Å². The molecule has 0 saturated carbocycles. The van der Waals surface area contributed by atoms with Gasteiger partial charge in [-0.2, -0.15) is 0 Å². The Morgan fingerprint density at radius 3 is 0.900 bits per heavy atom. The lowest BCUT2D eigenvalue weighted by molar-refractivity contribution is -0.155. The molecule has 0 spiro atoms. The van der Waals surface area contributed by atoms with Crippen LogP contribution in [-0.4, -0.2) is 37.9 Å². The SMILES string of the molecule is CC/C=C\C/C=C\C/C=C\C/C=C\C/C=C\CCCCCC(=O)OCC(COC(=O)CCCCC/C=C\C/C=C\C/C=C\C/C=C\C/C=C\CC)OCCCCCCCCCCCCCCCCCC. The van der Waals surface area contributed by atoms with Crippen LogP contribution in [0.4, 0.5) is 0 Å². The minimum Gasteiger partial charge on any atom is -0.463 e. The van der Waals surface area contributed by atoms with Crippen molar-refractivity contribution in [2.75, 3.05) is 19.8 Å². The summed E-state index contributed by atoms with van der Waals surface area (Å²) in [4.78, 5) is 25.3. The molecule has 0 fully saturated rings. The molecular formula is C65H108O5. The number of allylic oxidation sites excluding steroid dienone is 20. The maximum Gasteiger partial charge on any atom is 0.305 e. The highest BCUT2D eigenvalue weighted by Gasteiger charge is 2.16. The lowest BCUT2D eigenvalue weighted by Crippen LogP contribution is -2.29. The Labute approximate surface area is 433 Å². The molecule has 0 rings (SSSR count). The second kappa shape index (κ2) is 59.6. The van der Waals surface area contributed by atoms with Gasteiger partial charge >= 0.3 is 11.9 Å². The van der Waals surface area contributed by atoms with Gasteiger partial charge in [-0.05, 0) is 109 Å². The van der Waals surface area contributed by atoms with Crippen molar-refractivity contribution in [2.24, 2.45) is 0 Å². The highest BCUT2D eigenvalue weighted by atomic mass is 16.6. The van der Waals surface area contributed by atoms with Crippen molar-refractivity contribution in [3.8, 4) is 0 Å². The number of rotatable bonds is 52. The molecule has 0 aliphatic carbocycles. The third-order valence-corrected chi connectivity index (χ3v) is 12.0. The zero-order valence-corrected chi connectivity index (χ0v) is 45.7. The molecule has 0 saturated heterocycles. The van der Waals surface area contributed by atoms with E-state index in [1.807, 2.05) is 0 Å². The van der Waals surface area contributed by atoms with Crippen LogP contribution in [0.2, 0.25) is 0 Å². The zero-order valence-electron chi connectivity index (χ0n) is 45.7. The summed E-state index contributed by atoms with van der Waals surface area (Å²) in [6, 6.07) is 0. The van der Waals surface area contributed by atoms with Gasteiger partial charge in [-0.3, -0.25) is 9.59 Å².